The minimum atomic E-state index is -4.34. The molecule has 2 rings (SSSR count). The number of rotatable bonds is 8. The molecule has 0 aliphatic rings. The Morgan fingerprint density at radius 2 is 1.73 bits per heavy atom. The second-order valence-corrected chi connectivity index (χ2v) is 9.35. The first-order chi connectivity index (χ1) is 14.0. The number of halogens is 3. The number of amides is 1. The minimum absolute atomic E-state index is 0.0265. The van der Waals surface area contributed by atoms with Crippen molar-refractivity contribution in [1.29, 1.82) is 0 Å². The van der Waals surface area contributed by atoms with Crippen LogP contribution in [0.1, 0.15) is 29.8 Å². The first-order valence-corrected chi connectivity index (χ1v) is 11.6. The van der Waals surface area contributed by atoms with E-state index in [4.69, 9.17) is 0 Å². The number of hydrogen-bond acceptors (Lipinski definition) is 4. The van der Waals surface area contributed by atoms with Crippen molar-refractivity contribution in [2.75, 3.05) is 24.2 Å². The molecule has 0 heterocycles. The van der Waals surface area contributed by atoms with Gasteiger partial charge < -0.3 is 5.32 Å². The number of carbonyl (C=O) groups excluding carboxylic acids is 1. The maximum Gasteiger partial charge on any atom is 0.398 e. The summed E-state index contributed by atoms with van der Waals surface area (Å²) >= 11 is 0.569. The molecule has 2 aromatic rings. The maximum absolute atomic E-state index is 12.9. The largest absolute Gasteiger partial charge is 0.398 e. The fraction of sp³-hybridized carbons (Fsp3) is 0.350. The number of alkyl halides is 3. The molecule has 0 aliphatic heterocycles. The molecule has 0 saturated heterocycles. The molecule has 0 spiro atoms. The van der Waals surface area contributed by atoms with Crippen molar-refractivity contribution in [3.8, 4) is 0 Å². The van der Waals surface area contributed by atoms with Crippen molar-refractivity contribution in [3.05, 3.63) is 53.6 Å². The van der Waals surface area contributed by atoms with Crippen molar-refractivity contribution in [2.24, 2.45) is 0 Å². The summed E-state index contributed by atoms with van der Waals surface area (Å²) in [7, 11) is -3.77. The Balaban J connectivity index is 2.32. The van der Waals surface area contributed by atoms with E-state index in [0.29, 0.717) is 30.4 Å². The van der Waals surface area contributed by atoms with Gasteiger partial charge in [0.2, 0.25) is 10.0 Å². The smallest absolute Gasteiger partial charge is 0.321 e. The lowest BCUT2D eigenvalue weighted by Crippen LogP contribution is -2.31. The summed E-state index contributed by atoms with van der Waals surface area (Å²) in [5.74, 6) is -1.69. The Morgan fingerprint density at radius 1 is 1.10 bits per heavy atom. The third kappa shape index (κ3) is 5.99. The molecule has 30 heavy (non-hydrogen) atoms. The van der Waals surface area contributed by atoms with Crippen LogP contribution in [0.25, 0.3) is 0 Å². The summed E-state index contributed by atoms with van der Waals surface area (Å²) in [6, 6.07) is 10.5. The number of carbonyl (C=O) groups is 1. The van der Waals surface area contributed by atoms with Crippen LogP contribution in [0.15, 0.2) is 52.3 Å². The van der Waals surface area contributed by atoms with Gasteiger partial charge in [-0.25, -0.2) is 8.42 Å². The quantitative estimate of drug-likeness (QED) is 0.567. The summed E-state index contributed by atoms with van der Waals surface area (Å²) in [5.41, 5.74) is 0.826. The summed E-state index contributed by atoms with van der Waals surface area (Å²) in [4.78, 5) is 13.0. The van der Waals surface area contributed by atoms with Gasteiger partial charge in [-0.1, -0.05) is 32.0 Å². The number of para-hydroxylation sites is 1. The van der Waals surface area contributed by atoms with Crippen molar-refractivity contribution in [2.45, 2.75) is 36.7 Å². The average molecular weight is 461 g/mol. The zero-order chi connectivity index (χ0) is 22.5. The van der Waals surface area contributed by atoms with Crippen molar-refractivity contribution >= 4 is 33.4 Å². The number of anilines is 1. The Hall–Kier alpha value is -2.04. The number of thioether (sulfide) groups is 1. The van der Waals surface area contributed by atoms with Gasteiger partial charge in [-0.05, 0) is 36.8 Å². The van der Waals surface area contributed by atoms with Crippen LogP contribution >= 0.6 is 11.8 Å². The molecule has 2 aromatic carbocycles. The fourth-order valence-corrected chi connectivity index (χ4v) is 5.25. The van der Waals surface area contributed by atoms with E-state index >= 15 is 0 Å². The highest BCUT2D eigenvalue weighted by Gasteiger charge is 2.28. The molecule has 0 unspecified atom stereocenters. The summed E-state index contributed by atoms with van der Waals surface area (Å²) in [6.45, 7) is 5.67. The second-order valence-electron chi connectivity index (χ2n) is 6.42. The van der Waals surface area contributed by atoms with Gasteiger partial charge in [-0.3, -0.25) is 4.79 Å². The molecule has 0 fully saturated rings. The molecule has 0 atom stereocenters. The lowest BCUT2D eigenvalue weighted by atomic mass is 10.1. The van der Waals surface area contributed by atoms with Gasteiger partial charge in [-0.2, -0.15) is 17.5 Å². The normalized spacial score (nSPS) is 12.2. The summed E-state index contributed by atoms with van der Waals surface area (Å²) in [5, 5.41) is 2.58. The molecule has 0 saturated carbocycles. The Morgan fingerprint density at radius 3 is 2.33 bits per heavy atom. The van der Waals surface area contributed by atoms with Gasteiger partial charge in [-0.15, -0.1) is 11.8 Å². The van der Waals surface area contributed by atoms with Crippen LogP contribution in [0, 0.1) is 6.92 Å². The predicted molar refractivity (Wildman–Crippen MR) is 112 cm³/mol. The van der Waals surface area contributed by atoms with E-state index in [9.17, 15) is 26.4 Å². The number of nitrogens with one attached hydrogen (secondary N) is 1. The molecule has 0 bridgehead atoms. The van der Waals surface area contributed by atoms with Crippen molar-refractivity contribution < 1.29 is 26.4 Å². The van der Waals surface area contributed by atoms with Crippen LogP contribution in [-0.4, -0.2) is 43.6 Å². The molecule has 0 aliphatic carbocycles. The van der Waals surface area contributed by atoms with Gasteiger partial charge in [0, 0.05) is 23.5 Å². The third-order valence-corrected chi connectivity index (χ3v) is 7.63. The fourth-order valence-electron chi connectivity index (χ4n) is 2.77. The van der Waals surface area contributed by atoms with E-state index < -0.39 is 27.9 Å². The molecular weight excluding hydrogens is 437 g/mol. The molecule has 1 N–H and O–H groups in total. The zero-order valence-corrected chi connectivity index (χ0v) is 18.4. The first kappa shape index (κ1) is 24.2. The van der Waals surface area contributed by atoms with E-state index in [0.717, 1.165) is 0 Å². The van der Waals surface area contributed by atoms with Crippen LogP contribution in [-0.2, 0) is 10.0 Å². The zero-order valence-electron chi connectivity index (χ0n) is 16.8. The first-order valence-electron chi connectivity index (χ1n) is 9.20. The number of nitrogens with zero attached hydrogens (tertiary/aromatic N) is 1. The van der Waals surface area contributed by atoms with E-state index in [1.807, 2.05) is 0 Å². The van der Waals surface area contributed by atoms with Crippen molar-refractivity contribution in [1.82, 2.24) is 4.31 Å². The lowest BCUT2D eigenvalue weighted by molar-refractivity contribution is -0.105. The van der Waals surface area contributed by atoms with Crippen LogP contribution in [0.5, 0.6) is 0 Å². The van der Waals surface area contributed by atoms with Crippen LogP contribution in [0.3, 0.4) is 0 Å². The monoisotopic (exact) mass is 460 g/mol. The average Bonchev–Trinajstić information content (AvgIpc) is 2.67. The second kappa shape index (κ2) is 9.84. The van der Waals surface area contributed by atoms with Gasteiger partial charge >= 0.3 is 6.18 Å². The van der Waals surface area contributed by atoms with E-state index in [2.05, 4.69) is 5.32 Å². The van der Waals surface area contributed by atoms with E-state index in [1.165, 1.54) is 34.6 Å². The molecule has 0 radical (unpaired) electrons. The number of hydrogen-bond donors (Lipinski definition) is 1. The van der Waals surface area contributed by atoms with Crippen LogP contribution < -0.4 is 5.32 Å². The number of benzene rings is 2. The predicted octanol–water partition coefficient (Wildman–Crippen LogP) is 4.93. The number of aryl methyl sites for hydroxylation is 1. The summed E-state index contributed by atoms with van der Waals surface area (Å²) < 4.78 is 64.7. The molecule has 10 heteroatoms. The highest BCUT2D eigenvalue weighted by atomic mass is 32.2. The molecule has 0 aromatic heterocycles. The summed E-state index contributed by atoms with van der Waals surface area (Å²) in [6.07, 6.45) is -4.34. The van der Waals surface area contributed by atoms with Gasteiger partial charge in [0.25, 0.3) is 5.91 Å². The maximum atomic E-state index is 12.9. The van der Waals surface area contributed by atoms with Gasteiger partial charge in [0.15, 0.2) is 0 Å². The molecule has 164 valence electrons. The molecular formula is C20H23F3N2O3S2. The third-order valence-electron chi connectivity index (χ3n) is 4.30. The SMILES string of the molecule is CCN(CC)S(=O)(=O)c1cc(C(=O)Nc2ccccc2SCC(F)(F)F)ccc1C. The van der Waals surface area contributed by atoms with Gasteiger partial charge in [0.05, 0.1) is 16.3 Å². The molecule has 5 nitrogen and oxygen atoms in total. The van der Waals surface area contributed by atoms with Crippen molar-refractivity contribution in [3.63, 3.8) is 0 Å². The number of sulfonamides is 1. The lowest BCUT2D eigenvalue weighted by Gasteiger charge is -2.20. The Bertz CT molecular complexity index is 1000. The molecule has 1 amide bonds. The van der Waals surface area contributed by atoms with Gasteiger partial charge in [0.1, 0.15) is 0 Å². The Kier molecular flexibility index (Phi) is 7.95. The highest BCUT2D eigenvalue weighted by Crippen LogP contribution is 2.32. The van der Waals surface area contributed by atoms with Crippen LogP contribution in [0.4, 0.5) is 18.9 Å². The highest BCUT2D eigenvalue weighted by molar-refractivity contribution is 7.99. The standard InChI is InChI=1S/C20H23F3N2O3S2/c1-4-25(5-2)30(27,28)18-12-15(11-10-14(18)3)19(26)24-16-8-6-7-9-17(16)29-13-20(21,22)23/h6-12H,4-5,13H2,1-3H3,(H,24,26). The Labute approximate surface area is 178 Å². The minimum Gasteiger partial charge on any atom is -0.321 e. The topological polar surface area (TPSA) is 66.5 Å². The van der Waals surface area contributed by atoms with Crippen LogP contribution in [0.2, 0.25) is 0 Å². The van der Waals surface area contributed by atoms with E-state index in [1.54, 1.807) is 32.9 Å². The van der Waals surface area contributed by atoms with E-state index in [-0.39, 0.29) is 21.0 Å².